The summed E-state index contributed by atoms with van der Waals surface area (Å²) in [5.41, 5.74) is 0.768. The molecule has 3 rings (SSSR count). The topological polar surface area (TPSA) is 72.8 Å². The summed E-state index contributed by atoms with van der Waals surface area (Å²) < 4.78 is 0. The molecule has 5 heteroatoms. The van der Waals surface area contributed by atoms with Crippen molar-refractivity contribution in [1.82, 2.24) is 10.2 Å². The third-order valence-corrected chi connectivity index (χ3v) is 7.26. The maximum Gasteiger partial charge on any atom is 0.223 e. The number of nitrogens with one attached hydrogen (secondary N) is 1. The van der Waals surface area contributed by atoms with Crippen molar-refractivity contribution in [3.63, 3.8) is 0 Å². The summed E-state index contributed by atoms with van der Waals surface area (Å²) in [6.07, 6.45) is 14.7. The number of hydrogen-bond acceptors (Lipinski definition) is 4. The van der Waals surface area contributed by atoms with Crippen molar-refractivity contribution < 1.29 is 15.0 Å². The standard InChI is InChI=1S/C25H42N2O3/c1-3-4-10-25(2,30)11-7-8-21-22-16-19(15-20(22)17-23(21)28)18-26-12-9-24(29)27-13-5-6-14-27/h7-8,15,20-23,26,28,30H,3-6,9-14,16-18H2,1-2H3/b8-7+/t20-,21+,22-,23+,25-/m0/s1. The smallest absolute Gasteiger partial charge is 0.223 e. The molecular weight excluding hydrogens is 376 g/mol. The molecule has 30 heavy (non-hydrogen) atoms. The lowest BCUT2D eigenvalue weighted by molar-refractivity contribution is -0.130. The molecule has 1 amide bonds. The predicted octanol–water partition coefficient (Wildman–Crippen LogP) is 3.42. The van der Waals surface area contributed by atoms with Gasteiger partial charge in [0.15, 0.2) is 0 Å². The Bertz CT molecular complexity index is 622. The van der Waals surface area contributed by atoms with E-state index in [0.29, 0.717) is 24.7 Å². The Balaban J connectivity index is 1.40. The number of carbonyl (C=O) groups excluding carboxylic acids is 1. The van der Waals surface area contributed by atoms with E-state index in [4.69, 9.17) is 0 Å². The van der Waals surface area contributed by atoms with Crippen LogP contribution in [0.15, 0.2) is 23.8 Å². The van der Waals surface area contributed by atoms with Gasteiger partial charge in [-0.3, -0.25) is 4.79 Å². The van der Waals surface area contributed by atoms with E-state index in [9.17, 15) is 15.0 Å². The molecule has 1 heterocycles. The molecule has 2 fully saturated rings. The van der Waals surface area contributed by atoms with Gasteiger partial charge in [0.1, 0.15) is 0 Å². The molecule has 3 N–H and O–H groups in total. The summed E-state index contributed by atoms with van der Waals surface area (Å²) in [6, 6.07) is 0. The van der Waals surface area contributed by atoms with Gasteiger partial charge in [-0.2, -0.15) is 0 Å². The summed E-state index contributed by atoms with van der Waals surface area (Å²) in [5.74, 6) is 1.39. The minimum absolute atomic E-state index is 0.183. The SMILES string of the molecule is CCCC[C@](C)(O)C/C=C/[C@@H]1[C@H]2CC(CNCCC(=O)N3CCCC3)=C[C@H]2C[C@H]1O. The normalized spacial score (nSPS) is 30.7. The molecule has 5 nitrogen and oxygen atoms in total. The number of hydrogen-bond donors (Lipinski definition) is 3. The molecule has 0 bridgehead atoms. The van der Waals surface area contributed by atoms with Crippen molar-refractivity contribution in [3.8, 4) is 0 Å². The Hall–Kier alpha value is -1.17. The second-order valence-corrected chi connectivity index (χ2v) is 9.98. The number of aliphatic hydroxyl groups is 2. The molecule has 1 aliphatic heterocycles. The van der Waals surface area contributed by atoms with Gasteiger partial charge in [0.25, 0.3) is 0 Å². The second kappa shape index (κ2) is 10.9. The highest BCUT2D eigenvalue weighted by Crippen LogP contribution is 2.47. The highest BCUT2D eigenvalue weighted by atomic mass is 16.3. The first-order valence-electron chi connectivity index (χ1n) is 12.1. The van der Waals surface area contributed by atoms with E-state index in [1.807, 2.05) is 11.8 Å². The number of nitrogens with zero attached hydrogens (tertiary/aromatic N) is 1. The molecule has 1 saturated carbocycles. The van der Waals surface area contributed by atoms with Gasteiger partial charge in [0, 0.05) is 38.5 Å². The van der Waals surface area contributed by atoms with Crippen LogP contribution in [-0.2, 0) is 4.79 Å². The zero-order chi connectivity index (χ0) is 21.6. The zero-order valence-corrected chi connectivity index (χ0v) is 19.0. The highest BCUT2D eigenvalue weighted by Gasteiger charge is 2.43. The molecule has 3 aliphatic rings. The molecule has 0 radical (unpaired) electrons. The van der Waals surface area contributed by atoms with Crippen LogP contribution in [0.4, 0.5) is 0 Å². The lowest BCUT2D eigenvalue weighted by Gasteiger charge is -2.22. The molecule has 0 spiro atoms. The minimum Gasteiger partial charge on any atom is -0.392 e. The van der Waals surface area contributed by atoms with Crippen molar-refractivity contribution in [2.24, 2.45) is 17.8 Å². The van der Waals surface area contributed by atoms with E-state index >= 15 is 0 Å². The first kappa shape index (κ1) is 23.5. The molecular formula is C25H42N2O3. The number of fused-ring (bicyclic) bond motifs is 1. The van der Waals surface area contributed by atoms with E-state index in [1.165, 1.54) is 5.57 Å². The fraction of sp³-hybridized carbons (Fsp3) is 0.800. The number of unbranched alkanes of at least 4 members (excludes halogenated alkanes) is 1. The van der Waals surface area contributed by atoms with Crippen molar-refractivity contribution in [3.05, 3.63) is 23.8 Å². The summed E-state index contributed by atoms with van der Waals surface area (Å²) in [5, 5.41) is 24.5. The third kappa shape index (κ3) is 6.41. The number of carbonyl (C=O) groups is 1. The third-order valence-electron chi connectivity index (χ3n) is 7.26. The molecule has 0 unspecified atom stereocenters. The van der Waals surface area contributed by atoms with Gasteiger partial charge < -0.3 is 20.4 Å². The van der Waals surface area contributed by atoms with Gasteiger partial charge in [-0.15, -0.1) is 0 Å². The van der Waals surface area contributed by atoms with Crippen LogP contribution < -0.4 is 5.32 Å². The van der Waals surface area contributed by atoms with E-state index in [0.717, 1.165) is 71.1 Å². The van der Waals surface area contributed by atoms with Crippen molar-refractivity contribution in [2.45, 2.75) is 83.3 Å². The molecule has 5 atom stereocenters. The van der Waals surface area contributed by atoms with Gasteiger partial charge >= 0.3 is 0 Å². The number of rotatable bonds is 11. The molecule has 0 aromatic rings. The summed E-state index contributed by atoms with van der Waals surface area (Å²) in [4.78, 5) is 14.1. The van der Waals surface area contributed by atoms with Crippen LogP contribution in [0.3, 0.4) is 0 Å². The average Bonchev–Trinajstić information content (AvgIpc) is 3.42. The van der Waals surface area contributed by atoms with E-state index < -0.39 is 5.60 Å². The van der Waals surface area contributed by atoms with Gasteiger partial charge in [0.2, 0.25) is 5.91 Å². The number of aliphatic hydroxyl groups excluding tert-OH is 1. The van der Waals surface area contributed by atoms with Crippen LogP contribution in [0, 0.1) is 17.8 Å². The van der Waals surface area contributed by atoms with Crippen molar-refractivity contribution >= 4 is 5.91 Å². The van der Waals surface area contributed by atoms with Crippen molar-refractivity contribution in [2.75, 3.05) is 26.2 Å². The summed E-state index contributed by atoms with van der Waals surface area (Å²) in [6.45, 7) is 7.50. The first-order valence-corrected chi connectivity index (χ1v) is 12.1. The maximum atomic E-state index is 12.1. The molecule has 2 aliphatic carbocycles. The Labute approximate surface area is 182 Å². The maximum absolute atomic E-state index is 12.1. The van der Waals surface area contributed by atoms with Crippen LogP contribution in [0.2, 0.25) is 0 Å². The number of allylic oxidation sites excluding steroid dienone is 1. The van der Waals surface area contributed by atoms with E-state index in [1.54, 1.807) is 0 Å². The van der Waals surface area contributed by atoms with Crippen LogP contribution in [0.25, 0.3) is 0 Å². The monoisotopic (exact) mass is 418 g/mol. The average molecular weight is 419 g/mol. The molecule has 0 aromatic heterocycles. The van der Waals surface area contributed by atoms with Gasteiger partial charge in [-0.05, 0) is 57.3 Å². The van der Waals surface area contributed by atoms with E-state index in [-0.39, 0.29) is 17.9 Å². The zero-order valence-electron chi connectivity index (χ0n) is 19.0. The largest absolute Gasteiger partial charge is 0.392 e. The molecule has 170 valence electrons. The van der Waals surface area contributed by atoms with Gasteiger partial charge in [0.05, 0.1) is 11.7 Å². The Kier molecular flexibility index (Phi) is 8.55. The van der Waals surface area contributed by atoms with E-state index in [2.05, 4.69) is 30.5 Å². The lowest BCUT2D eigenvalue weighted by Crippen LogP contribution is -2.31. The van der Waals surface area contributed by atoms with Crippen molar-refractivity contribution in [1.29, 1.82) is 0 Å². The molecule has 1 saturated heterocycles. The summed E-state index contributed by atoms with van der Waals surface area (Å²) >= 11 is 0. The quantitative estimate of drug-likeness (QED) is 0.355. The fourth-order valence-corrected chi connectivity index (χ4v) is 5.44. The number of likely N-dealkylation sites (tertiary alicyclic amines) is 1. The minimum atomic E-state index is -0.648. The molecule has 0 aromatic carbocycles. The van der Waals surface area contributed by atoms with Crippen LogP contribution in [0.1, 0.15) is 71.6 Å². The first-order chi connectivity index (χ1) is 14.4. The second-order valence-electron chi connectivity index (χ2n) is 9.98. The van der Waals surface area contributed by atoms with Crippen LogP contribution in [0.5, 0.6) is 0 Å². The fourth-order valence-electron chi connectivity index (χ4n) is 5.44. The summed E-state index contributed by atoms with van der Waals surface area (Å²) in [7, 11) is 0. The van der Waals surface area contributed by atoms with Gasteiger partial charge in [-0.25, -0.2) is 0 Å². The van der Waals surface area contributed by atoms with Crippen LogP contribution in [-0.4, -0.2) is 58.9 Å². The van der Waals surface area contributed by atoms with Crippen LogP contribution >= 0.6 is 0 Å². The lowest BCUT2D eigenvalue weighted by atomic mass is 9.88. The predicted molar refractivity (Wildman–Crippen MR) is 121 cm³/mol. The number of amides is 1. The van der Waals surface area contributed by atoms with Gasteiger partial charge in [-0.1, -0.05) is 43.6 Å². The Morgan fingerprint density at radius 2 is 2.13 bits per heavy atom. The Morgan fingerprint density at radius 3 is 2.87 bits per heavy atom. The Morgan fingerprint density at radius 1 is 1.37 bits per heavy atom. The highest BCUT2D eigenvalue weighted by molar-refractivity contribution is 5.76.